The summed E-state index contributed by atoms with van der Waals surface area (Å²) in [7, 11) is 0. The maximum atomic E-state index is 12.5. The van der Waals surface area contributed by atoms with Crippen molar-refractivity contribution in [2.24, 2.45) is 0 Å². The quantitative estimate of drug-likeness (QED) is 0.930. The monoisotopic (exact) mass is 340 g/mol. The zero-order chi connectivity index (χ0) is 17.9. The first-order valence-corrected chi connectivity index (χ1v) is 8.52. The average Bonchev–Trinajstić information content (AvgIpc) is 2.62. The Morgan fingerprint density at radius 2 is 1.80 bits per heavy atom. The lowest BCUT2D eigenvalue weighted by molar-refractivity contribution is 0.102. The van der Waals surface area contributed by atoms with Crippen molar-refractivity contribution in [2.45, 2.75) is 26.2 Å². The molecule has 1 aliphatic heterocycles. The number of para-hydroxylation sites is 1. The first-order chi connectivity index (χ1) is 11.9. The zero-order valence-electron chi connectivity index (χ0n) is 15.0. The van der Waals surface area contributed by atoms with E-state index in [1.807, 2.05) is 30.3 Å². The van der Waals surface area contributed by atoms with E-state index < -0.39 is 0 Å². The van der Waals surface area contributed by atoms with Crippen LogP contribution in [0.4, 0.5) is 11.5 Å². The van der Waals surface area contributed by atoms with Crippen molar-refractivity contribution in [1.82, 2.24) is 10.2 Å². The molecule has 0 aliphatic carbocycles. The molecule has 0 bridgehead atoms. The average molecular weight is 340 g/mol. The van der Waals surface area contributed by atoms with Gasteiger partial charge in [0.1, 0.15) is 0 Å². The molecule has 0 radical (unpaired) electrons. The first-order valence-electron chi connectivity index (χ1n) is 8.52. The number of nitrogens with one attached hydrogen (secondary N) is 1. The summed E-state index contributed by atoms with van der Waals surface area (Å²) in [6, 6.07) is 11.4. The maximum absolute atomic E-state index is 12.5. The van der Waals surface area contributed by atoms with Gasteiger partial charge < -0.3 is 15.0 Å². The Hall–Kier alpha value is -2.47. The highest BCUT2D eigenvalue weighted by atomic mass is 16.5. The van der Waals surface area contributed by atoms with Crippen molar-refractivity contribution in [2.75, 3.05) is 36.5 Å². The van der Waals surface area contributed by atoms with Crippen molar-refractivity contribution < 1.29 is 9.53 Å². The Kier molecular flexibility index (Phi) is 4.99. The number of anilines is 2. The second kappa shape index (κ2) is 7.19. The third-order valence-corrected chi connectivity index (χ3v) is 4.20. The smallest absolute Gasteiger partial charge is 0.276 e. The van der Waals surface area contributed by atoms with Gasteiger partial charge in [0.15, 0.2) is 11.5 Å². The predicted molar refractivity (Wildman–Crippen MR) is 98.2 cm³/mol. The SMILES string of the molecule is CC(C)(C)c1ccccc1NC(=O)c1ccc(N2CCOCC2)nn1. The number of carbonyl (C=O) groups is 1. The van der Waals surface area contributed by atoms with Crippen LogP contribution in [0, 0.1) is 0 Å². The van der Waals surface area contributed by atoms with Gasteiger partial charge in [-0.2, -0.15) is 0 Å². The third kappa shape index (κ3) is 4.14. The van der Waals surface area contributed by atoms with Crippen LogP contribution in [0.5, 0.6) is 0 Å². The number of morpholine rings is 1. The van der Waals surface area contributed by atoms with Gasteiger partial charge in [0.2, 0.25) is 0 Å². The molecule has 6 nitrogen and oxygen atoms in total. The standard InChI is InChI=1S/C19H24N4O2/c1-19(2,3)14-6-4-5-7-15(14)20-18(24)16-8-9-17(22-21-16)23-10-12-25-13-11-23/h4-9H,10-13H2,1-3H3,(H,20,24). The molecule has 25 heavy (non-hydrogen) atoms. The Labute approximate surface area is 148 Å². The summed E-state index contributed by atoms with van der Waals surface area (Å²) in [5, 5.41) is 11.3. The molecular weight excluding hydrogens is 316 g/mol. The molecule has 1 saturated heterocycles. The molecule has 1 aliphatic rings. The molecule has 3 rings (SSSR count). The minimum Gasteiger partial charge on any atom is -0.378 e. The van der Waals surface area contributed by atoms with Crippen molar-refractivity contribution in [3.63, 3.8) is 0 Å². The minimum absolute atomic E-state index is 0.0598. The predicted octanol–water partition coefficient (Wildman–Crippen LogP) is 2.86. The number of aromatic nitrogens is 2. The van der Waals surface area contributed by atoms with Gasteiger partial charge in [-0.05, 0) is 29.2 Å². The lowest BCUT2D eigenvalue weighted by Gasteiger charge is -2.27. The number of carbonyl (C=O) groups excluding carboxylic acids is 1. The number of rotatable bonds is 3. The number of hydrogen-bond acceptors (Lipinski definition) is 5. The molecular formula is C19H24N4O2. The minimum atomic E-state index is -0.252. The van der Waals surface area contributed by atoms with Crippen LogP contribution in [0.2, 0.25) is 0 Å². The molecule has 132 valence electrons. The molecule has 1 aromatic heterocycles. The molecule has 0 saturated carbocycles. The molecule has 0 unspecified atom stereocenters. The van der Waals surface area contributed by atoms with E-state index in [1.165, 1.54) is 0 Å². The highest BCUT2D eigenvalue weighted by Gasteiger charge is 2.20. The van der Waals surface area contributed by atoms with Crippen LogP contribution in [-0.4, -0.2) is 42.4 Å². The number of benzene rings is 1. The van der Waals surface area contributed by atoms with Crippen LogP contribution < -0.4 is 10.2 Å². The van der Waals surface area contributed by atoms with E-state index in [-0.39, 0.29) is 11.3 Å². The number of amides is 1. The Morgan fingerprint density at radius 3 is 2.44 bits per heavy atom. The lowest BCUT2D eigenvalue weighted by Crippen LogP contribution is -2.37. The van der Waals surface area contributed by atoms with Crippen molar-refractivity contribution in [1.29, 1.82) is 0 Å². The van der Waals surface area contributed by atoms with E-state index >= 15 is 0 Å². The van der Waals surface area contributed by atoms with Gasteiger partial charge in [0.05, 0.1) is 13.2 Å². The fraction of sp³-hybridized carbons (Fsp3) is 0.421. The third-order valence-electron chi connectivity index (χ3n) is 4.20. The molecule has 1 N–H and O–H groups in total. The Balaban J connectivity index is 1.74. The van der Waals surface area contributed by atoms with E-state index in [4.69, 9.17) is 4.74 Å². The lowest BCUT2D eigenvalue weighted by atomic mass is 9.86. The number of nitrogens with zero attached hydrogens (tertiary/aromatic N) is 3. The van der Waals surface area contributed by atoms with Crippen molar-refractivity contribution in [3.05, 3.63) is 47.7 Å². The van der Waals surface area contributed by atoms with Gasteiger partial charge in [-0.3, -0.25) is 4.79 Å². The summed E-state index contributed by atoms with van der Waals surface area (Å²) >= 11 is 0. The van der Waals surface area contributed by atoms with Crippen LogP contribution in [0.3, 0.4) is 0 Å². The molecule has 2 heterocycles. The fourth-order valence-electron chi connectivity index (χ4n) is 2.84. The largest absolute Gasteiger partial charge is 0.378 e. The topological polar surface area (TPSA) is 67.4 Å². The van der Waals surface area contributed by atoms with Gasteiger partial charge >= 0.3 is 0 Å². The van der Waals surface area contributed by atoms with Crippen molar-refractivity contribution in [3.8, 4) is 0 Å². The number of hydrogen-bond donors (Lipinski definition) is 1. The summed E-state index contributed by atoms with van der Waals surface area (Å²) in [5.74, 6) is 0.521. The van der Waals surface area contributed by atoms with Crippen molar-refractivity contribution >= 4 is 17.4 Å². The van der Waals surface area contributed by atoms with Crippen LogP contribution >= 0.6 is 0 Å². The van der Waals surface area contributed by atoms with E-state index in [9.17, 15) is 4.79 Å². The summed E-state index contributed by atoms with van der Waals surface area (Å²) < 4.78 is 5.33. The molecule has 0 spiro atoms. The maximum Gasteiger partial charge on any atom is 0.276 e. The second-order valence-electron chi connectivity index (χ2n) is 7.13. The highest BCUT2D eigenvalue weighted by Crippen LogP contribution is 2.29. The van der Waals surface area contributed by atoms with Gasteiger partial charge in [-0.15, -0.1) is 10.2 Å². The first kappa shape index (κ1) is 17.4. The van der Waals surface area contributed by atoms with Crippen LogP contribution in [-0.2, 0) is 10.2 Å². The normalized spacial score (nSPS) is 15.1. The van der Waals surface area contributed by atoms with Crippen LogP contribution in [0.1, 0.15) is 36.8 Å². The molecule has 1 fully saturated rings. The summed E-state index contributed by atoms with van der Waals surface area (Å²) in [6.07, 6.45) is 0. The zero-order valence-corrected chi connectivity index (χ0v) is 15.0. The molecule has 0 atom stereocenters. The Bertz CT molecular complexity index is 732. The molecule has 1 amide bonds. The van der Waals surface area contributed by atoms with E-state index in [2.05, 4.69) is 41.2 Å². The summed E-state index contributed by atoms with van der Waals surface area (Å²) in [5.41, 5.74) is 2.14. The second-order valence-corrected chi connectivity index (χ2v) is 7.13. The molecule has 1 aromatic carbocycles. The number of ether oxygens (including phenoxy) is 1. The van der Waals surface area contributed by atoms with Gasteiger partial charge in [-0.1, -0.05) is 39.0 Å². The van der Waals surface area contributed by atoms with Gasteiger partial charge in [0, 0.05) is 18.8 Å². The highest BCUT2D eigenvalue weighted by molar-refractivity contribution is 6.03. The van der Waals surface area contributed by atoms with Gasteiger partial charge in [-0.25, -0.2) is 0 Å². The fourth-order valence-corrected chi connectivity index (χ4v) is 2.84. The molecule has 6 heteroatoms. The summed E-state index contributed by atoms with van der Waals surface area (Å²) in [6.45, 7) is 9.32. The van der Waals surface area contributed by atoms with E-state index in [0.717, 1.165) is 30.2 Å². The summed E-state index contributed by atoms with van der Waals surface area (Å²) in [4.78, 5) is 14.6. The Morgan fingerprint density at radius 1 is 1.08 bits per heavy atom. The molecule has 2 aromatic rings. The van der Waals surface area contributed by atoms with E-state index in [1.54, 1.807) is 6.07 Å². The van der Waals surface area contributed by atoms with Crippen LogP contribution in [0.25, 0.3) is 0 Å². The van der Waals surface area contributed by atoms with Crippen LogP contribution in [0.15, 0.2) is 36.4 Å². The van der Waals surface area contributed by atoms with E-state index in [0.29, 0.717) is 18.9 Å². The van der Waals surface area contributed by atoms with Gasteiger partial charge in [0.25, 0.3) is 5.91 Å².